The number of rotatable bonds is 2. The maximum absolute atomic E-state index is 5.99. The van der Waals surface area contributed by atoms with Crippen molar-refractivity contribution in [2.24, 2.45) is 5.92 Å². The summed E-state index contributed by atoms with van der Waals surface area (Å²) in [6.45, 7) is 4.46. The number of nitrogens with one attached hydrogen (secondary N) is 1. The molecule has 1 aromatic carbocycles. The molecule has 0 saturated carbocycles. The third-order valence-electron chi connectivity index (χ3n) is 3.27. The van der Waals surface area contributed by atoms with Gasteiger partial charge in [0.1, 0.15) is 0 Å². The number of piperidine rings is 1. The third-order valence-corrected chi connectivity index (χ3v) is 3.27. The van der Waals surface area contributed by atoms with Gasteiger partial charge in [-0.15, -0.1) is 0 Å². The summed E-state index contributed by atoms with van der Waals surface area (Å²) in [4.78, 5) is 0. The molecule has 1 aliphatic rings. The van der Waals surface area contributed by atoms with Gasteiger partial charge in [-0.1, -0.05) is 17.7 Å². The molecule has 0 bridgehead atoms. The Kier molecular flexibility index (Phi) is 3.27. The number of hydrogen-bond acceptors (Lipinski definition) is 2. The van der Waals surface area contributed by atoms with Gasteiger partial charge in [0, 0.05) is 5.69 Å². The Morgan fingerprint density at radius 2 is 2.07 bits per heavy atom. The summed E-state index contributed by atoms with van der Waals surface area (Å²) in [7, 11) is 0. The van der Waals surface area contributed by atoms with Crippen molar-refractivity contribution in [1.29, 1.82) is 0 Å². The number of nitrogens with two attached hydrogens (primary N) is 1. The molecule has 1 heterocycles. The lowest BCUT2D eigenvalue weighted by atomic mass is 9.90. The van der Waals surface area contributed by atoms with Gasteiger partial charge in [-0.05, 0) is 56.8 Å². The molecule has 0 atom stereocenters. The smallest absolute Gasteiger partial charge is 0.0346 e. The Bertz CT molecular complexity index is 327. The third kappa shape index (κ3) is 2.72. The maximum Gasteiger partial charge on any atom is 0.0346 e. The molecular formula is C13H20N2. The highest BCUT2D eigenvalue weighted by molar-refractivity contribution is 5.48. The molecule has 0 spiro atoms. The second-order valence-electron chi connectivity index (χ2n) is 4.60. The first kappa shape index (κ1) is 10.5. The number of hydrogen-bond donors (Lipinski definition) is 2. The first-order chi connectivity index (χ1) is 7.25. The summed E-state index contributed by atoms with van der Waals surface area (Å²) in [5.74, 6) is 0.815. The zero-order valence-corrected chi connectivity index (χ0v) is 9.42. The Labute approximate surface area is 91.9 Å². The highest BCUT2D eigenvalue weighted by atomic mass is 14.9. The van der Waals surface area contributed by atoms with E-state index in [1.807, 2.05) is 6.07 Å². The number of nitrogen functional groups attached to an aromatic ring is 1. The van der Waals surface area contributed by atoms with Crippen LogP contribution in [0.3, 0.4) is 0 Å². The minimum Gasteiger partial charge on any atom is -0.399 e. The van der Waals surface area contributed by atoms with Gasteiger partial charge in [0.05, 0.1) is 0 Å². The molecule has 1 aromatic rings. The van der Waals surface area contributed by atoms with E-state index in [0.29, 0.717) is 0 Å². The van der Waals surface area contributed by atoms with E-state index in [2.05, 4.69) is 24.4 Å². The van der Waals surface area contributed by atoms with Crippen LogP contribution in [0.5, 0.6) is 0 Å². The fourth-order valence-electron chi connectivity index (χ4n) is 2.31. The molecule has 1 aliphatic heterocycles. The SMILES string of the molecule is Cc1ccc(N)c(CC2CCNCC2)c1. The van der Waals surface area contributed by atoms with Crippen molar-refractivity contribution in [2.45, 2.75) is 26.2 Å². The summed E-state index contributed by atoms with van der Waals surface area (Å²) in [6.07, 6.45) is 3.72. The highest BCUT2D eigenvalue weighted by Crippen LogP contribution is 2.22. The van der Waals surface area contributed by atoms with Gasteiger partial charge in [-0.25, -0.2) is 0 Å². The van der Waals surface area contributed by atoms with E-state index in [1.54, 1.807) is 0 Å². The van der Waals surface area contributed by atoms with E-state index in [4.69, 9.17) is 5.73 Å². The van der Waals surface area contributed by atoms with Gasteiger partial charge in [0.25, 0.3) is 0 Å². The van der Waals surface area contributed by atoms with Crippen molar-refractivity contribution in [3.8, 4) is 0 Å². The van der Waals surface area contributed by atoms with Crippen LogP contribution in [0.2, 0.25) is 0 Å². The normalized spacial score (nSPS) is 17.9. The summed E-state index contributed by atoms with van der Waals surface area (Å²) in [6, 6.07) is 6.35. The van der Waals surface area contributed by atoms with Crippen LogP contribution in [0.15, 0.2) is 18.2 Å². The lowest BCUT2D eigenvalue weighted by Crippen LogP contribution is -2.28. The Hall–Kier alpha value is -1.02. The largest absolute Gasteiger partial charge is 0.399 e. The lowest BCUT2D eigenvalue weighted by molar-refractivity contribution is 0.373. The van der Waals surface area contributed by atoms with Crippen LogP contribution in [0, 0.1) is 12.8 Å². The monoisotopic (exact) mass is 204 g/mol. The molecule has 0 aliphatic carbocycles. The van der Waals surface area contributed by atoms with Crippen molar-refractivity contribution < 1.29 is 0 Å². The summed E-state index contributed by atoms with van der Waals surface area (Å²) in [5.41, 5.74) is 9.60. The molecule has 1 saturated heterocycles. The molecule has 0 aromatic heterocycles. The van der Waals surface area contributed by atoms with Gasteiger partial charge in [0.2, 0.25) is 0 Å². The van der Waals surface area contributed by atoms with Gasteiger partial charge < -0.3 is 11.1 Å². The standard InChI is InChI=1S/C13H20N2/c1-10-2-3-13(14)12(8-10)9-11-4-6-15-7-5-11/h2-3,8,11,15H,4-7,9,14H2,1H3. The predicted octanol–water partition coefficient (Wildman–Crippen LogP) is 2.12. The van der Waals surface area contributed by atoms with Crippen molar-refractivity contribution in [1.82, 2.24) is 5.32 Å². The van der Waals surface area contributed by atoms with E-state index in [-0.39, 0.29) is 0 Å². The predicted molar refractivity (Wildman–Crippen MR) is 64.9 cm³/mol. The van der Waals surface area contributed by atoms with Gasteiger partial charge >= 0.3 is 0 Å². The van der Waals surface area contributed by atoms with Crippen LogP contribution in [0.25, 0.3) is 0 Å². The quantitative estimate of drug-likeness (QED) is 0.724. The van der Waals surface area contributed by atoms with Crippen LogP contribution in [0.1, 0.15) is 24.0 Å². The van der Waals surface area contributed by atoms with Crippen LogP contribution in [0.4, 0.5) is 5.69 Å². The molecule has 82 valence electrons. The Morgan fingerprint density at radius 3 is 2.80 bits per heavy atom. The van der Waals surface area contributed by atoms with Gasteiger partial charge in [-0.2, -0.15) is 0 Å². The zero-order chi connectivity index (χ0) is 10.7. The molecular weight excluding hydrogens is 184 g/mol. The molecule has 0 amide bonds. The number of anilines is 1. The average molecular weight is 204 g/mol. The molecule has 0 unspecified atom stereocenters. The summed E-state index contributed by atoms with van der Waals surface area (Å²) >= 11 is 0. The van der Waals surface area contributed by atoms with Gasteiger partial charge in [0.15, 0.2) is 0 Å². The minimum atomic E-state index is 0.815. The summed E-state index contributed by atoms with van der Waals surface area (Å²) in [5, 5.41) is 3.40. The average Bonchev–Trinajstić information content (AvgIpc) is 2.25. The topological polar surface area (TPSA) is 38.0 Å². The van der Waals surface area contributed by atoms with E-state index < -0.39 is 0 Å². The Morgan fingerprint density at radius 1 is 1.33 bits per heavy atom. The van der Waals surface area contributed by atoms with E-state index in [1.165, 1.54) is 24.0 Å². The fraction of sp³-hybridized carbons (Fsp3) is 0.538. The van der Waals surface area contributed by atoms with Crippen LogP contribution >= 0.6 is 0 Å². The first-order valence-corrected chi connectivity index (χ1v) is 5.81. The first-order valence-electron chi connectivity index (χ1n) is 5.81. The van der Waals surface area contributed by atoms with E-state index >= 15 is 0 Å². The number of aryl methyl sites for hydroxylation is 1. The highest BCUT2D eigenvalue weighted by Gasteiger charge is 2.14. The molecule has 2 nitrogen and oxygen atoms in total. The molecule has 2 rings (SSSR count). The van der Waals surface area contributed by atoms with Crippen molar-refractivity contribution in [3.63, 3.8) is 0 Å². The summed E-state index contributed by atoms with van der Waals surface area (Å²) < 4.78 is 0. The molecule has 1 fully saturated rings. The molecule has 15 heavy (non-hydrogen) atoms. The molecule has 2 heteroatoms. The van der Waals surface area contributed by atoms with E-state index in [9.17, 15) is 0 Å². The molecule has 0 radical (unpaired) electrons. The van der Waals surface area contributed by atoms with Crippen molar-refractivity contribution in [3.05, 3.63) is 29.3 Å². The zero-order valence-electron chi connectivity index (χ0n) is 9.42. The molecule has 3 N–H and O–H groups in total. The minimum absolute atomic E-state index is 0.815. The lowest BCUT2D eigenvalue weighted by Gasteiger charge is -2.23. The van der Waals surface area contributed by atoms with Crippen molar-refractivity contribution in [2.75, 3.05) is 18.8 Å². The fourth-order valence-corrected chi connectivity index (χ4v) is 2.31. The van der Waals surface area contributed by atoms with Crippen LogP contribution in [-0.2, 0) is 6.42 Å². The second kappa shape index (κ2) is 4.67. The number of benzene rings is 1. The second-order valence-corrected chi connectivity index (χ2v) is 4.60. The van der Waals surface area contributed by atoms with Crippen LogP contribution < -0.4 is 11.1 Å². The van der Waals surface area contributed by atoms with Crippen LogP contribution in [-0.4, -0.2) is 13.1 Å². The van der Waals surface area contributed by atoms with Gasteiger partial charge in [-0.3, -0.25) is 0 Å². The van der Waals surface area contributed by atoms with E-state index in [0.717, 1.165) is 31.1 Å². The van der Waals surface area contributed by atoms with Crippen molar-refractivity contribution >= 4 is 5.69 Å². The Balaban J connectivity index is 2.05. The maximum atomic E-state index is 5.99.